The van der Waals surface area contributed by atoms with Crippen LogP contribution in [0.2, 0.25) is 0 Å². The Bertz CT molecular complexity index is 764. The lowest BCUT2D eigenvalue weighted by atomic mass is 10.0. The predicted molar refractivity (Wildman–Crippen MR) is 101 cm³/mol. The van der Waals surface area contributed by atoms with Crippen molar-refractivity contribution in [1.29, 1.82) is 0 Å². The number of halogens is 1. The largest absolute Gasteiger partial charge is 0.360 e. The van der Waals surface area contributed by atoms with Crippen molar-refractivity contribution < 1.29 is 4.79 Å². The fraction of sp³-hybridized carbons (Fsp3) is 0.421. The van der Waals surface area contributed by atoms with Crippen molar-refractivity contribution in [2.45, 2.75) is 32.2 Å². The number of hydrogen-bond acceptors (Lipinski definition) is 4. The molecule has 0 radical (unpaired) electrons. The van der Waals surface area contributed by atoms with Gasteiger partial charge in [0.1, 0.15) is 11.2 Å². The van der Waals surface area contributed by atoms with Gasteiger partial charge in [-0.3, -0.25) is 4.79 Å². The van der Waals surface area contributed by atoms with E-state index in [4.69, 9.17) is 21.6 Å². The van der Waals surface area contributed by atoms with Gasteiger partial charge in [-0.1, -0.05) is 30.3 Å². The topological polar surface area (TPSA) is 49.3 Å². The number of benzene rings is 1. The third-order valence-electron chi connectivity index (χ3n) is 4.56. The van der Waals surface area contributed by atoms with Gasteiger partial charge in [0, 0.05) is 37.7 Å². The van der Waals surface area contributed by atoms with Crippen LogP contribution in [0.1, 0.15) is 25.1 Å². The summed E-state index contributed by atoms with van der Waals surface area (Å²) in [6.45, 7) is 5.79. The molecule has 1 atom stereocenters. The summed E-state index contributed by atoms with van der Waals surface area (Å²) in [6.07, 6.45) is 0.720. The van der Waals surface area contributed by atoms with Gasteiger partial charge >= 0.3 is 0 Å². The second-order valence-electron chi connectivity index (χ2n) is 6.30. The van der Waals surface area contributed by atoms with Crippen LogP contribution in [0, 0.1) is 0 Å². The highest BCUT2D eigenvalue weighted by Crippen LogP contribution is 2.29. The standard InChI is InChI=1S/C19H23ClN4O/c1-4-23(3)18-15-12-24(19(25)13(2)20)11-10-16(15)21-17(22-18)14-8-6-5-7-9-14/h5-9,13H,4,10-12H2,1-3H3/t13-/m1/s1. The first-order chi connectivity index (χ1) is 12.0. The van der Waals surface area contributed by atoms with Gasteiger partial charge in [-0.15, -0.1) is 11.6 Å². The smallest absolute Gasteiger partial charge is 0.240 e. The van der Waals surface area contributed by atoms with Crippen molar-refractivity contribution in [1.82, 2.24) is 14.9 Å². The Morgan fingerprint density at radius 1 is 1.32 bits per heavy atom. The van der Waals surface area contributed by atoms with Gasteiger partial charge in [0.05, 0.1) is 12.2 Å². The van der Waals surface area contributed by atoms with E-state index in [1.54, 1.807) is 11.8 Å². The quantitative estimate of drug-likeness (QED) is 0.788. The number of hydrogen-bond donors (Lipinski definition) is 0. The normalized spacial score (nSPS) is 14.8. The Labute approximate surface area is 153 Å². The first-order valence-corrected chi connectivity index (χ1v) is 9.04. The maximum atomic E-state index is 12.3. The van der Waals surface area contributed by atoms with Crippen molar-refractivity contribution in [2.24, 2.45) is 0 Å². The van der Waals surface area contributed by atoms with Crippen LogP contribution in [0.25, 0.3) is 11.4 Å². The number of anilines is 1. The Hall–Kier alpha value is -2.14. The lowest BCUT2D eigenvalue weighted by Gasteiger charge is -2.32. The summed E-state index contributed by atoms with van der Waals surface area (Å²) in [7, 11) is 2.02. The molecule has 3 rings (SSSR count). The second kappa shape index (κ2) is 7.40. The van der Waals surface area contributed by atoms with Gasteiger partial charge in [0.2, 0.25) is 5.91 Å². The second-order valence-corrected chi connectivity index (χ2v) is 6.96. The van der Waals surface area contributed by atoms with Gasteiger partial charge in [-0.05, 0) is 13.8 Å². The maximum Gasteiger partial charge on any atom is 0.240 e. The summed E-state index contributed by atoms with van der Waals surface area (Å²) < 4.78 is 0. The first-order valence-electron chi connectivity index (χ1n) is 8.60. The Balaban J connectivity index is 2.04. The van der Waals surface area contributed by atoms with Crippen molar-refractivity contribution in [3.05, 3.63) is 41.6 Å². The summed E-state index contributed by atoms with van der Waals surface area (Å²) in [6, 6.07) is 10.0. The molecule has 1 amide bonds. The Kier molecular flexibility index (Phi) is 5.23. The van der Waals surface area contributed by atoms with Gasteiger partial charge in [0.25, 0.3) is 0 Å². The van der Waals surface area contributed by atoms with E-state index >= 15 is 0 Å². The maximum absolute atomic E-state index is 12.3. The average Bonchev–Trinajstić information content (AvgIpc) is 2.66. The number of carbonyl (C=O) groups is 1. The first kappa shape index (κ1) is 17.7. The number of fused-ring (bicyclic) bond motifs is 1. The van der Waals surface area contributed by atoms with E-state index in [1.807, 2.05) is 37.4 Å². The van der Waals surface area contributed by atoms with Crippen LogP contribution in [0.5, 0.6) is 0 Å². The molecule has 1 aliphatic rings. The van der Waals surface area contributed by atoms with Crippen LogP contribution >= 0.6 is 11.6 Å². The summed E-state index contributed by atoms with van der Waals surface area (Å²) in [5, 5.41) is -0.515. The molecule has 1 aromatic heterocycles. The summed E-state index contributed by atoms with van der Waals surface area (Å²) >= 11 is 5.99. The minimum absolute atomic E-state index is 0.0374. The lowest BCUT2D eigenvalue weighted by molar-refractivity contribution is -0.131. The van der Waals surface area contributed by atoms with E-state index < -0.39 is 5.38 Å². The van der Waals surface area contributed by atoms with Gasteiger partial charge < -0.3 is 9.80 Å². The van der Waals surface area contributed by atoms with E-state index in [1.165, 1.54) is 0 Å². The summed E-state index contributed by atoms with van der Waals surface area (Å²) in [5.74, 6) is 1.59. The molecule has 5 nitrogen and oxygen atoms in total. The monoisotopic (exact) mass is 358 g/mol. The zero-order valence-electron chi connectivity index (χ0n) is 14.9. The third kappa shape index (κ3) is 3.61. The summed E-state index contributed by atoms with van der Waals surface area (Å²) in [5.41, 5.74) is 3.06. The number of aromatic nitrogens is 2. The molecule has 25 heavy (non-hydrogen) atoms. The van der Waals surface area contributed by atoms with Crippen LogP contribution in [-0.4, -0.2) is 46.3 Å². The molecule has 0 saturated heterocycles. The van der Waals surface area contributed by atoms with Crippen LogP contribution in [-0.2, 0) is 17.8 Å². The van der Waals surface area contributed by atoms with Gasteiger partial charge in [-0.2, -0.15) is 0 Å². The van der Waals surface area contributed by atoms with E-state index in [9.17, 15) is 4.79 Å². The number of rotatable bonds is 4. The number of carbonyl (C=O) groups excluding carboxylic acids is 1. The number of alkyl halides is 1. The molecule has 0 saturated carbocycles. The van der Waals surface area contributed by atoms with E-state index in [-0.39, 0.29) is 5.91 Å². The lowest BCUT2D eigenvalue weighted by Crippen LogP contribution is -2.40. The van der Waals surface area contributed by atoms with Crippen LogP contribution in [0.15, 0.2) is 30.3 Å². The fourth-order valence-corrected chi connectivity index (χ4v) is 3.16. The minimum Gasteiger partial charge on any atom is -0.360 e. The molecule has 0 fully saturated rings. The molecule has 2 aromatic rings. The van der Waals surface area contributed by atoms with Crippen LogP contribution < -0.4 is 4.90 Å². The molecule has 2 heterocycles. The minimum atomic E-state index is -0.515. The van der Waals surface area contributed by atoms with Crippen molar-refractivity contribution in [3.8, 4) is 11.4 Å². The van der Waals surface area contributed by atoms with E-state index in [0.717, 1.165) is 41.4 Å². The third-order valence-corrected chi connectivity index (χ3v) is 4.74. The fourth-order valence-electron chi connectivity index (χ4n) is 3.02. The molecule has 6 heteroatoms. The molecule has 1 aromatic carbocycles. The van der Waals surface area contributed by atoms with E-state index in [2.05, 4.69) is 11.8 Å². The van der Waals surface area contributed by atoms with Crippen molar-refractivity contribution in [3.63, 3.8) is 0 Å². The molecular weight excluding hydrogens is 336 g/mol. The molecule has 1 aliphatic heterocycles. The zero-order chi connectivity index (χ0) is 18.0. The molecule has 0 unspecified atom stereocenters. The molecule has 0 bridgehead atoms. The SMILES string of the molecule is CCN(C)c1nc(-c2ccccc2)nc2c1CN(C(=O)[C@@H](C)Cl)CC2. The Morgan fingerprint density at radius 2 is 2.04 bits per heavy atom. The summed E-state index contributed by atoms with van der Waals surface area (Å²) in [4.78, 5) is 25.8. The molecule has 0 N–H and O–H groups in total. The highest BCUT2D eigenvalue weighted by molar-refractivity contribution is 6.30. The number of nitrogens with zero attached hydrogens (tertiary/aromatic N) is 4. The van der Waals surface area contributed by atoms with Crippen LogP contribution in [0.4, 0.5) is 5.82 Å². The predicted octanol–water partition coefficient (Wildman–Crippen LogP) is 3.11. The van der Waals surface area contributed by atoms with E-state index in [0.29, 0.717) is 13.1 Å². The van der Waals surface area contributed by atoms with Crippen LogP contribution in [0.3, 0.4) is 0 Å². The van der Waals surface area contributed by atoms with Gasteiger partial charge in [0.15, 0.2) is 5.82 Å². The molecule has 0 spiro atoms. The van der Waals surface area contributed by atoms with Crippen molar-refractivity contribution in [2.75, 3.05) is 25.0 Å². The highest BCUT2D eigenvalue weighted by atomic mass is 35.5. The Morgan fingerprint density at radius 3 is 2.68 bits per heavy atom. The number of amides is 1. The van der Waals surface area contributed by atoms with Gasteiger partial charge in [-0.25, -0.2) is 9.97 Å². The molecular formula is C19H23ClN4O. The molecule has 0 aliphatic carbocycles. The molecule has 132 valence electrons. The highest BCUT2D eigenvalue weighted by Gasteiger charge is 2.28. The van der Waals surface area contributed by atoms with Crippen molar-refractivity contribution >= 4 is 23.3 Å². The zero-order valence-corrected chi connectivity index (χ0v) is 15.6. The average molecular weight is 359 g/mol.